The highest BCUT2D eigenvalue weighted by Gasteiger charge is 2.55. The molecule has 15 nitrogen and oxygen atoms in total. The summed E-state index contributed by atoms with van der Waals surface area (Å²) in [5, 5.41) is 34.1. The minimum absolute atomic E-state index is 0.0283. The quantitative estimate of drug-likeness (QED) is 0.320. The van der Waals surface area contributed by atoms with Gasteiger partial charge >= 0.3 is 5.97 Å². The lowest BCUT2D eigenvalue weighted by atomic mass is 9.76. The lowest BCUT2D eigenvalue weighted by Gasteiger charge is -2.49. The lowest BCUT2D eigenvalue weighted by Crippen LogP contribution is -2.60. The fourth-order valence-corrected chi connectivity index (χ4v) is 9.24. The van der Waals surface area contributed by atoms with Gasteiger partial charge in [0.15, 0.2) is 18.7 Å². The molecule has 0 spiro atoms. The van der Waals surface area contributed by atoms with Gasteiger partial charge in [0.1, 0.15) is 23.6 Å². The minimum atomic E-state index is -1.87. The van der Waals surface area contributed by atoms with Crippen LogP contribution in [-0.4, -0.2) is 151 Å². The van der Waals surface area contributed by atoms with Crippen LogP contribution in [-0.2, 0) is 47.5 Å². The van der Waals surface area contributed by atoms with Crippen molar-refractivity contribution in [3.8, 4) is 0 Å². The first-order chi connectivity index (χ1) is 25.6. The number of nitrogens with zero attached hydrogens (tertiary/aromatic N) is 2. The molecule has 0 amide bonds. The number of likely N-dealkylation sites (N-methyl/N-ethyl adjacent to an activating group) is 1. The summed E-state index contributed by atoms with van der Waals surface area (Å²) < 4.78 is 51.1. The number of hydrogen-bond acceptors (Lipinski definition) is 14. The molecule has 318 valence electrons. The van der Waals surface area contributed by atoms with Crippen molar-refractivity contribution in [2.24, 2.45) is 28.7 Å². The molecule has 0 aromatic carbocycles. The Balaban J connectivity index is 1.86. The number of fused-ring (bicyclic) bond motifs is 1. The Labute approximate surface area is 327 Å². The average molecular weight is 787 g/mol. The molecule has 4 rings (SSSR count). The number of rotatable bonds is 7. The van der Waals surface area contributed by atoms with E-state index in [0.717, 1.165) is 0 Å². The van der Waals surface area contributed by atoms with Crippen LogP contribution in [0.4, 0.5) is 0 Å². The summed E-state index contributed by atoms with van der Waals surface area (Å²) >= 11 is 0. The number of amidine groups is 1. The Bertz CT molecular complexity index is 1350. The van der Waals surface area contributed by atoms with Crippen LogP contribution in [0.2, 0.25) is 0 Å². The van der Waals surface area contributed by atoms with Crippen LogP contribution >= 0.6 is 0 Å². The summed E-state index contributed by atoms with van der Waals surface area (Å²) in [6, 6.07) is 0.370. The van der Waals surface area contributed by atoms with Crippen LogP contribution in [0.25, 0.3) is 0 Å². The Morgan fingerprint density at radius 2 is 1.55 bits per heavy atom. The van der Waals surface area contributed by atoms with E-state index in [4.69, 9.17) is 37.9 Å². The maximum atomic E-state index is 14.3. The first-order valence-corrected chi connectivity index (χ1v) is 20.0. The van der Waals surface area contributed by atoms with Crippen LogP contribution in [0, 0.1) is 23.7 Å². The zero-order valence-corrected chi connectivity index (χ0v) is 35.5. The van der Waals surface area contributed by atoms with Gasteiger partial charge < -0.3 is 58.1 Å². The van der Waals surface area contributed by atoms with Gasteiger partial charge in [-0.15, -0.1) is 0 Å². The van der Waals surface area contributed by atoms with E-state index in [1.54, 1.807) is 48.8 Å². The third-order valence-corrected chi connectivity index (χ3v) is 13.0. The molecule has 4 fully saturated rings. The van der Waals surface area contributed by atoms with Gasteiger partial charge in [0.2, 0.25) is 0 Å². The Kier molecular flexibility index (Phi) is 14.9. The second-order valence-corrected chi connectivity index (χ2v) is 17.3. The number of aliphatic hydroxyl groups excluding tert-OH is 2. The first-order valence-electron chi connectivity index (χ1n) is 20.0. The fourth-order valence-electron chi connectivity index (χ4n) is 9.24. The van der Waals surface area contributed by atoms with Crippen molar-refractivity contribution in [3.63, 3.8) is 0 Å². The van der Waals surface area contributed by atoms with Crippen LogP contribution < -0.4 is 0 Å². The SMILES string of the molecule is CC[C@H]1OC(=O)[C@H](C)[C@@H](O[C@H]2C[C@@](C)(OC)[C@@H](O)[C@H](C)O2)[C@H](C)[C@@H](O[C@@H]2O[C@H](C)C[C@H]3[C@H]2OC(=NC)N3C)[C@](C)(OC)C[C@@H](C)C(=O)C[C@H](C)[C@@H](O)[C@]1(C)O. The molecule has 0 aromatic rings. The number of esters is 1. The van der Waals surface area contributed by atoms with Crippen LogP contribution in [0.3, 0.4) is 0 Å². The Hall–Kier alpha value is -1.95. The molecule has 0 unspecified atom stereocenters. The van der Waals surface area contributed by atoms with E-state index in [2.05, 4.69) is 4.99 Å². The lowest BCUT2D eigenvalue weighted by molar-refractivity contribution is -0.315. The van der Waals surface area contributed by atoms with Gasteiger partial charge in [-0.3, -0.25) is 9.59 Å². The molecular formula is C40H70N2O13. The van der Waals surface area contributed by atoms with Crippen LogP contribution in [0.5, 0.6) is 0 Å². The van der Waals surface area contributed by atoms with Crippen molar-refractivity contribution in [1.29, 1.82) is 0 Å². The summed E-state index contributed by atoms with van der Waals surface area (Å²) in [5.41, 5.74) is -4.07. The fraction of sp³-hybridized carbons (Fsp3) is 0.925. The van der Waals surface area contributed by atoms with Crippen molar-refractivity contribution in [3.05, 3.63) is 0 Å². The van der Waals surface area contributed by atoms with Crippen molar-refractivity contribution in [2.75, 3.05) is 28.3 Å². The zero-order valence-electron chi connectivity index (χ0n) is 35.5. The van der Waals surface area contributed by atoms with Crippen molar-refractivity contribution in [2.45, 2.75) is 186 Å². The number of ether oxygens (including phenoxy) is 8. The predicted molar refractivity (Wildman–Crippen MR) is 202 cm³/mol. The van der Waals surface area contributed by atoms with E-state index in [0.29, 0.717) is 12.4 Å². The summed E-state index contributed by atoms with van der Waals surface area (Å²) in [5.74, 6) is -3.70. The molecule has 0 bridgehead atoms. The van der Waals surface area contributed by atoms with E-state index in [1.807, 2.05) is 39.6 Å². The zero-order chi connectivity index (χ0) is 41.4. The number of methoxy groups -OCH3 is 2. The van der Waals surface area contributed by atoms with Crippen LogP contribution in [0.1, 0.15) is 101 Å². The number of carbonyl (C=O) groups excluding carboxylic acids is 2. The molecule has 3 N–H and O–H groups in total. The summed E-state index contributed by atoms with van der Waals surface area (Å²) in [4.78, 5) is 34.6. The Morgan fingerprint density at radius 3 is 2.13 bits per heavy atom. The second kappa shape index (κ2) is 17.9. The second-order valence-electron chi connectivity index (χ2n) is 17.3. The normalized spacial score (nSPS) is 48.8. The molecule has 15 heteroatoms. The molecule has 4 aliphatic rings. The molecule has 0 aromatic heterocycles. The Morgan fingerprint density at radius 1 is 0.909 bits per heavy atom. The molecule has 0 aliphatic carbocycles. The van der Waals surface area contributed by atoms with Gasteiger partial charge in [0.05, 0.1) is 53.7 Å². The van der Waals surface area contributed by atoms with E-state index in [1.165, 1.54) is 14.0 Å². The van der Waals surface area contributed by atoms with E-state index >= 15 is 0 Å². The molecular weight excluding hydrogens is 716 g/mol. The van der Waals surface area contributed by atoms with Gasteiger partial charge in [-0.05, 0) is 66.7 Å². The largest absolute Gasteiger partial charge is 0.459 e. The standard InChI is InChI=1S/C40H70N2O13/c1-15-28-40(10,47)32(44)20(2)16-27(43)21(3)18-39(9,49-14)34(55-36-31-26(17-22(4)50-36)42(12)37(41-11)54-31)23(5)30(24(6)35(46)52-28)53-29-19-38(8,48-13)33(45)25(7)51-29/h20-26,28-34,36,44-45,47H,15-19H2,1-14H3/t20-,21+,22+,23-,24+,25-,26-,28+,29-,30-,31+,32+,33-,34+,36-,38+,39+,40+/m0/s1. The van der Waals surface area contributed by atoms with E-state index < -0.39 is 102 Å². The molecule has 4 saturated heterocycles. The number of hydrogen-bond donors (Lipinski definition) is 3. The maximum Gasteiger partial charge on any atom is 0.311 e. The summed E-state index contributed by atoms with van der Waals surface area (Å²) in [7, 11) is 6.66. The van der Waals surface area contributed by atoms with E-state index in [-0.39, 0.29) is 43.6 Å². The highest BCUT2D eigenvalue weighted by Crippen LogP contribution is 2.42. The molecule has 4 aliphatic heterocycles. The third kappa shape index (κ3) is 9.36. The van der Waals surface area contributed by atoms with Crippen molar-refractivity contribution in [1.82, 2.24) is 4.90 Å². The number of cyclic esters (lactones) is 1. The predicted octanol–water partition coefficient (Wildman–Crippen LogP) is 3.22. The number of carbonyl (C=O) groups is 2. The molecule has 4 heterocycles. The van der Waals surface area contributed by atoms with Crippen molar-refractivity contribution < 1.29 is 62.8 Å². The monoisotopic (exact) mass is 786 g/mol. The number of aliphatic imine (C=N–C) groups is 1. The molecule has 0 saturated carbocycles. The van der Waals surface area contributed by atoms with Gasteiger partial charge in [-0.25, -0.2) is 4.99 Å². The summed E-state index contributed by atoms with van der Waals surface area (Å²) in [6.45, 7) is 17.6. The number of aliphatic hydroxyl groups is 3. The van der Waals surface area contributed by atoms with Gasteiger partial charge in [-0.2, -0.15) is 0 Å². The molecule has 0 radical (unpaired) electrons. The smallest absolute Gasteiger partial charge is 0.311 e. The highest BCUT2D eigenvalue weighted by molar-refractivity contribution is 5.81. The number of ketones is 1. The highest BCUT2D eigenvalue weighted by atomic mass is 16.7. The van der Waals surface area contributed by atoms with Gasteiger partial charge in [0, 0.05) is 53.0 Å². The van der Waals surface area contributed by atoms with Gasteiger partial charge in [-0.1, -0.05) is 27.7 Å². The molecule has 18 atom stereocenters. The maximum absolute atomic E-state index is 14.3. The van der Waals surface area contributed by atoms with E-state index in [9.17, 15) is 24.9 Å². The van der Waals surface area contributed by atoms with Gasteiger partial charge in [0.25, 0.3) is 6.02 Å². The third-order valence-electron chi connectivity index (χ3n) is 13.0. The molecule has 55 heavy (non-hydrogen) atoms. The average Bonchev–Trinajstić information content (AvgIpc) is 3.46. The number of Topliss-reactive ketones (excluding diaryl/α,β-unsaturated/α-hetero) is 1. The minimum Gasteiger partial charge on any atom is -0.459 e. The topological polar surface area (TPSA) is 184 Å². The first kappa shape index (κ1) is 45.7. The van der Waals surface area contributed by atoms with Crippen LogP contribution in [0.15, 0.2) is 4.99 Å². The van der Waals surface area contributed by atoms with Crippen molar-refractivity contribution >= 4 is 17.8 Å². The summed E-state index contributed by atoms with van der Waals surface area (Å²) in [6.07, 6.45) is -7.39.